The fraction of sp³-hybridized carbons (Fsp3) is 0.357. The first kappa shape index (κ1) is 11.1. The molecule has 92 valence electrons. The Kier molecular flexibility index (Phi) is 3.17. The molecule has 3 heterocycles. The summed E-state index contributed by atoms with van der Waals surface area (Å²) in [6.45, 7) is 2.16. The lowest BCUT2D eigenvalue weighted by Gasteiger charge is -2.33. The quantitative estimate of drug-likeness (QED) is 0.807. The summed E-state index contributed by atoms with van der Waals surface area (Å²) in [6.07, 6.45) is 9.73. The summed E-state index contributed by atoms with van der Waals surface area (Å²) in [5, 5.41) is 7.76. The molecular weight excluding hydrogens is 224 g/mol. The van der Waals surface area contributed by atoms with Crippen LogP contribution in [0.15, 0.2) is 43.0 Å². The predicted molar refractivity (Wildman–Crippen MR) is 70.5 cm³/mol. The average molecular weight is 240 g/mol. The van der Waals surface area contributed by atoms with E-state index in [-0.39, 0.29) is 0 Å². The van der Waals surface area contributed by atoms with Gasteiger partial charge >= 0.3 is 0 Å². The molecule has 0 atom stereocenters. The van der Waals surface area contributed by atoms with Crippen molar-refractivity contribution in [2.75, 3.05) is 18.0 Å². The second-order valence-corrected chi connectivity index (χ2v) is 4.64. The van der Waals surface area contributed by atoms with Crippen molar-refractivity contribution >= 4 is 5.69 Å². The van der Waals surface area contributed by atoms with Crippen LogP contribution in [0.1, 0.15) is 24.3 Å². The Morgan fingerprint density at radius 3 is 2.39 bits per heavy atom. The number of anilines is 1. The molecule has 0 N–H and O–H groups in total. The van der Waals surface area contributed by atoms with Gasteiger partial charge in [0.15, 0.2) is 0 Å². The summed E-state index contributed by atoms with van der Waals surface area (Å²) in [5.41, 5.74) is 2.59. The lowest BCUT2D eigenvalue weighted by molar-refractivity contribution is 0.504. The molecule has 18 heavy (non-hydrogen) atoms. The van der Waals surface area contributed by atoms with Crippen molar-refractivity contribution in [3.05, 3.63) is 48.5 Å². The summed E-state index contributed by atoms with van der Waals surface area (Å²) in [5.74, 6) is 0.666. The molecule has 0 saturated carbocycles. The van der Waals surface area contributed by atoms with Crippen LogP contribution < -0.4 is 4.90 Å². The Hall–Kier alpha value is -1.97. The van der Waals surface area contributed by atoms with E-state index in [1.807, 2.05) is 24.7 Å². The number of hydrogen-bond acceptors (Lipinski definition) is 4. The van der Waals surface area contributed by atoms with Crippen LogP contribution in [0.3, 0.4) is 0 Å². The third kappa shape index (κ3) is 2.32. The van der Waals surface area contributed by atoms with Crippen molar-refractivity contribution in [2.45, 2.75) is 18.8 Å². The van der Waals surface area contributed by atoms with E-state index in [4.69, 9.17) is 0 Å². The molecule has 1 aliphatic heterocycles. The first-order valence-electron chi connectivity index (χ1n) is 6.35. The molecule has 2 aromatic heterocycles. The van der Waals surface area contributed by atoms with Crippen LogP contribution in [0.5, 0.6) is 0 Å². The van der Waals surface area contributed by atoms with Crippen LogP contribution >= 0.6 is 0 Å². The lowest BCUT2D eigenvalue weighted by Crippen LogP contribution is -2.32. The first-order valence-corrected chi connectivity index (χ1v) is 6.35. The average Bonchev–Trinajstić information content (AvgIpc) is 2.49. The maximum absolute atomic E-state index is 4.08. The molecule has 0 unspecified atom stereocenters. The van der Waals surface area contributed by atoms with Crippen LogP contribution in [-0.4, -0.2) is 28.3 Å². The molecule has 2 aromatic rings. The van der Waals surface area contributed by atoms with Gasteiger partial charge in [-0.25, -0.2) is 0 Å². The van der Waals surface area contributed by atoms with E-state index in [2.05, 4.69) is 32.2 Å². The van der Waals surface area contributed by atoms with Gasteiger partial charge in [-0.1, -0.05) is 0 Å². The number of aromatic nitrogens is 3. The highest BCUT2D eigenvalue weighted by atomic mass is 15.2. The molecule has 0 radical (unpaired) electrons. The van der Waals surface area contributed by atoms with Gasteiger partial charge in [-0.2, -0.15) is 10.2 Å². The van der Waals surface area contributed by atoms with E-state index in [1.54, 1.807) is 6.20 Å². The van der Waals surface area contributed by atoms with E-state index >= 15 is 0 Å². The molecule has 3 rings (SSSR count). The van der Waals surface area contributed by atoms with Crippen molar-refractivity contribution < 1.29 is 0 Å². The first-order chi connectivity index (χ1) is 8.93. The number of pyridine rings is 1. The summed E-state index contributed by atoms with van der Waals surface area (Å²) in [4.78, 5) is 6.46. The fourth-order valence-corrected chi connectivity index (χ4v) is 2.58. The summed E-state index contributed by atoms with van der Waals surface area (Å²) in [6, 6.07) is 6.29. The minimum atomic E-state index is 0.666. The topological polar surface area (TPSA) is 41.9 Å². The Morgan fingerprint density at radius 2 is 1.72 bits per heavy atom. The molecule has 0 aromatic carbocycles. The highest BCUT2D eigenvalue weighted by Gasteiger charge is 2.20. The maximum atomic E-state index is 4.08. The predicted octanol–water partition coefficient (Wildman–Crippen LogP) is 2.26. The maximum Gasteiger partial charge on any atom is 0.0729 e. The van der Waals surface area contributed by atoms with Gasteiger partial charge in [0, 0.05) is 25.5 Å². The van der Waals surface area contributed by atoms with E-state index in [9.17, 15) is 0 Å². The molecule has 0 bridgehead atoms. The second kappa shape index (κ2) is 5.12. The molecule has 0 aliphatic carbocycles. The molecule has 1 aliphatic rings. The second-order valence-electron chi connectivity index (χ2n) is 4.64. The van der Waals surface area contributed by atoms with Gasteiger partial charge in [0.05, 0.1) is 18.1 Å². The molecule has 0 spiro atoms. The molecule has 4 heteroatoms. The van der Waals surface area contributed by atoms with Gasteiger partial charge in [-0.15, -0.1) is 0 Å². The SMILES string of the molecule is c1cc(C2CCN(c3ccnnc3)CC2)ccn1. The number of hydrogen-bond donors (Lipinski definition) is 0. The summed E-state index contributed by atoms with van der Waals surface area (Å²) in [7, 11) is 0. The normalized spacial score (nSPS) is 16.8. The third-order valence-corrected chi connectivity index (χ3v) is 3.61. The largest absolute Gasteiger partial charge is 0.370 e. The van der Waals surface area contributed by atoms with Crippen LogP contribution in [0.25, 0.3) is 0 Å². The van der Waals surface area contributed by atoms with E-state index in [1.165, 1.54) is 24.1 Å². The third-order valence-electron chi connectivity index (χ3n) is 3.61. The smallest absolute Gasteiger partial charge is 0.0729 e. The van der Waals surface area contributed by atoms with Crippen molar-refractivity contribution in [2.24, 2.45) is 0 Å². The van der Waals surface area contributed by atoms with Gasteiger partial charge in [-0.05, 0) is 42.5 Å². The Labute approximate surface area is 107 Å². The number of piperidine rings is 1. The summed E-state index contributed by atoms with van der Waals surface area (Å²) < 4.78 is 0. The van der Waals surface area contributed by atoms with Gasteiger partial charge in [0.2, 0.25) is 0 Å². The highest BCUT2D eigenvalue weighted by molar-refractivity contribution is 5.43. The Balaban J connectivity index is 1.65. The van der Waals surface area contributed by atoms with Gasteiger partial charge in [0.25, 0.3) is 0 Å². The number of nitrogens with zero attached hydrogens (tertiary/aromatic N) is 4. The van der Waals surface area contributed by atoms with Crippen molar-refractivity contribution in [3.63, 3.8) is 0 Å². The minimum Gasteiger partial charge on any atom is -0.370 e. The molecule has 4 nitrogen and oxygen atoms in total. The standard InChI is InChI=1S/C14H16N4/c1-6-15-7-2-12(1)13-4-9-18(10-5-13)14-3-8-16-17-11-14/h1-3,6-8,11,13H,4-5,9-10H2. The van der Waals surface area contributed by atoms with Crippen molar-refractivity contribution in [1.29, 1.82) is 0 Å². The zero-order valence-electron chi connectivity index (χ0n) is 10.2. The Morgan fingerprint density at radius 1 is 0.944 bits per heavy atom. The van der Waals surface area contributed by atoms with Crippen molar-refractivity contribution in [1.82, 2.24) is 15.2 Å². The van der Waals surface area contributed by atoms with E-state index in [0.29, 0.717) is 5.92 Å². The lowest BCUT2D eigenvalue weighted by atomic mass is 9.90. The molecule has 1 saturated heterocycles. The molecular formula is C14H16N4. The van der Waals surface area contributed by atoms with Crippen LogP contribution in [0.2, 0.25) is 0 Å². The Bertz CT molecular complexity index is 430. The van der Waals surface area contributed by atoms with Crippen LogP contribution in [-0.2, 0) is 0 Å². The fourth-order valence-electron chi connectivity index (χ4n) is 2.58. The number of rotatable bonds is 2. The van der Waals surface area contributed by atoms with E-state index in [0.717, 1.165) is 13.1 Å². The van der Waals surface area contributed by atoms with E-state index < -0.39 is 0 Å². The van der Waals surface area contributed by atoms with Gasteiger partial charge in [0.1, 0.15) is 0 Å². The van der Waals surface area contributed by atoms with Crippen LogP contribution in [0.4, 0.5) is 5.69 Å². The zero-order chi connectivity index (χ0) is 12.2. The molecule has 0 amide bonds. The highest BCUT2D eigenvalue weighted by Crippen LogP contribution is 2.29. The van der Waals surface area contributed by atoms with Crippen molar-refractivity contribution in [3.8, 4) is 0 Å². The minimum absolute atomic E-state index is 0.666. The van der Waals surface area contributed by atoms with Crippen LogP contribution in [0, 0.1) is 0 Å². The summed E-state index contributed by atoms with van der Waals surface area (Å²) >= 11 is 0. The van der Waals surface area contributed by atoms with Gasteiger partial charge < -0.3 is 4.90 Å². The molecule has 1 fully saturated rings. The zero-order valence-corrected chi connectivity index (χ0v) is 10.2. The van der Waals surface area contributed by atoms with Gasteiger partial charge in [-0.3, -0.25) is 4.98 Å². The monoisotopic (exact) mass is 240 g/mol.